The molecule has 2 rings (SSSR count). The number of methoxy groups -OCH3 is 1. The highest BCUT2D eigenvalue weighted by molar-refractivity contribution is 7.13. The van der Waals surface area contributed by atoms with Gasteiger partial charge in [-0.05, 0) is 24.6 Å². The van der Waals surface area contributed by atoms with E-state index in [-0.39, 0.29) is 0 Å². The second-order valence-electron chi connectivity index (χ2n) is 3.49. The Bertz CT molecular complexity index is 542. The summed E-state index contributed by atoms with van der Waals surface area (Å²) in [5.41, 5.74) is 4.37. The average molecular weight is 270 g/mol. The molecule has 1 heterocycles. The SMILES string of the molecule is COc1c(C)cc(Cl)cc1-c1nc(NN)cs1. The molecule has 0 radical (unpaired) electrons. The van der Waals surface area contributed by atoms with Crippen LogP contribution < -0.4 is 16.0 Å². The summed E-state index contributed by atoms with van der Waals surface area (Å²) in [6.07, 6.45) is 0. The Kier molecular flexibility index (Phi) is 3.51. The Hall–Kier alpha value is -1.30. The zero-order chi connectivity index (χ0) is 12.4. The molecule has 2 aromatic rings. The smallest absolute Gasteiger partial charge is 0.151 e. The summed E-state index contributed by atoms with van der Waals surface area (Å²) in [4.78, 5) is 4.33. The van der Waals surface area contributed by atoms with Gasteiger partial charge in [-0.15, -0.1) is 11.3 Å². The number of hydrogen-bond acceptors (Lipinski definition) is 5. The number of benzene rings is 1. The van der Waals surface area contributed by atoms with Gasteiger partial charge < -0.3 is 10.2 Å². The molecule has 0 amide bonds. The minimum absolute atomic E-state index is 0.629. The van der Waals surface area contributed by atoms with Crippen molar-refractivity contribution < 1.29 is 4.74 Å². The van der Waals surface area contributed by atoms with Crippen molar-refractivity contribution >= 4 is 28.8 Å². The van der Waals surface area contributed by atoms with Gasteiger partial charge in [-0.25, -0.2) is 10.8 Å². The van der Waals surface area contributed by atoms with Crippen molar-refractivity contribution in [1.29, 1.82) is 0 Å². The molecule has 0 saturated heterocycles. The van der Waals surface area contributed by atoms with Crippen LogP contribution in [0.15, 0.2) is 17.5 Å². The molecule has 0 saturated carbocycles. The highest BCUT2D eigenvalue weighted by Gasteiger charge is 2.13. The van der Waals surface area contributed by atoms with E-state index in [0.717, 1.165) is 21.9 Å². The topological polar surface area (TPSA) is 60.2 Å². The lowest BCUT2D eigenvalue weighted by Crippen LogP contribution is -2.06. The summed E-state index contributed by atoms with van der Waals surface area (Å²) in [5.74, 6) is 6.72. The molecule has 0 bridgehead atoms. The lowest BCUT2D eigenvalue weighted by atomic mass is 10.1. The summed E-state index contributed by atoms with van der Waals surface area (Å²) in [7, 11) is 1.63. The first-order valence-electron chi connectivity index (χ1n) is 4.92. The first-order valence-corrected chi connectivity index (χ1v) is 6.18. The van der Waals surface area contributed by atoms with Crippen molar-refractivity contribution in [1.82, 2.24) is 4.98 Å². The maximum absolute atomic E-state index is 6.05. The van der Waals surface area contributed by atoms with Crippen molar-refractivity contribution in [2.24, 2.45) is 5.84 Å². The van der Waals surface area contributed by atoms with E-state index in [1.165, 1.54) is 11.3 Å². The van der Waals surface area contributed by atoms with E-state index < -0.39 is 0 Å². The van der Waals surface area contributed by atoms with Crippen LogP contribution in [0.1, 0.15) is 5.56 Å². The fraction of sp³-hybridized carbons (Fsp3) is 0.182. The van der Waals surface area contributed by atoms with Gasteiger partial charge in [0.2, 0.25) is 0 Å². The van der Waals surface area contributed by atoms with E-state index in [1.54, 1.807) is 7.11 Å². The highest BCUT2D eigenvalue weighted by Crippen LogP contribution is 2.37. The fourth-order valence-corrected chi connectivity index (χ4v) is 2.67. The van der Waals surface area contributed by atoms with Crippen molar-refractivity contribution in [3.8, 4) is 16.3 Å². The molecule has 0 aliphatic carbocycles. The maximum atomic E-state index is 6.05. The van der Waals surface area contributed by atoms with Crippen LogP contribution in [0, 0.1) is 6.92 Å². The zero-order valence-electron chi connectivity index (χ0n) is 9.45. The third-order valence-corrected chi connectivity index (χ3v) is 3.42. The average Bonchev–Trinajstić information content (AvgIpc) is 2.76. The van der Waals surface area contributed by atoms with E-state index >= 15 is 0 Å². The zero-order valence-corrected chi connectivity index (χ0v) is 11.0. The van der Waals surface area contributed by atoms with Gasteiger partial charge in [0.15, 0.2) is 5.82 Å². The first kappa shape index (κ1) is 12.2. The van der Waals surface area contributed by atoms with Crippen molar-refractivity contribution in [3.05, 3.63) is 28.1 Å². The van der Waals surface area contributed by atoms with E-state index in [0.29, 0.717) is 10.8 Å². The molecule has 1 aromatic carbocycles. The molecule has 6 heteroatoms. The number of nitrogens with zero attached hydrogens (tertiary/aromatic N) is 1. The number of halogens is 1. The third kappa shape index (κ3) is 2.36. The number of hydrazine groups is 1. The number of nitrogens with two attached hydrogens (primary N) is 1. The number of anilines is 1. The normalized spacial score (nSPS) is 10.4. The van der Waals surface area contributed by atoms with Crippen LogP contribution in [0.2, 0.25) is 5.02 Å². The van der Waals surface area contributed by atoms with Crippen LogP contribution >= 0.6 is 22.9 Å². The van der Waals surface area contributed by atoms with Crippen molar-refractivity contribution in [2.75, 3.05) is 12.5 Å². The largest absolute Gasteiger partial charge is 0.496 e. The number of hydrogen-bond donors (Lipinski definition) is 2. The lowest BCUT2D eigenvalue weighted by Gasteiger charge is -2.10. The van der Waals surface area contributed by atoms with Crippen LogP contribution in [-0.4, -0.2) is 12.1 Å². The second-order valence-corrected chi connectivity index (χ2v) is 4.78. The molecule has 1 aromatic heterocycles. The molecule has 0 unspecified atom stereocenters. The van der Waals surface area contributed by atoms with Gasteiger partial charge in [-0.3, -0.25) is 0 Å². The van der Waals surface area contributed by atoms with Crippen LogP contribution in [-0.2, 0) is 0 Å². The van der Waals surface area contributed by atoms with Crippen LogP contribution in [0.25, 0.3) is 10.6 Å². The number of aromatic nitrogens is 1. The molecule has 90 valence electrons. The van der Waals surface area contributed by atoms with E-state index in [1.807, 2.05) is 24.4 Å². The van der Waals surface area contributed by atoms with Crippen LogP contribution in [0.3, 0.4) is 0 Å². The van der Waals surface area contributed by atoms with Crippen molar-refractivity contribution in [3.63, 3.8) is 0 Å². The Morgan fingerprint density at radius 3 is 2.82 bits per heavy atom. The van der Waals surface area contributed by atoms with Crippen molar-refractivity contribution in [2.45, 2.75) is 6.92 Å². The fourth-order valence-electron chi connectivity index (χ4n) is 1.62. The predicted molar refractivity (Wildman–Crippen MR) is 71.7 cm³/mol. The molecular weight excluding hydrogens is 258 g/mol. The summed E-state index contributed by atoms with van der Waals surface area (Å²) in [6, 6.07) is 3.70. The van der Waals surface area contributed by atoms with E-state index in [4.69, 9.17) is 22.2 Å². The van der Waals surface area contributed by atoms with Gasteiger partial charge >= 0.3 is 0 Å². The number of rotatable bonds is 3. The van der Waals surface area contributed by atoms with Gasteiger partial charge in [0.25, 0.3) is 0 Å². The van der Waals surface area contributed by atoms with Gasteiger partial charge in [-0.1, -0.05) is 11.6 Å². The molecule has 0 atom stereocenters. The summed E-state index contributed by atoms with van der Waals surface area (Å²) in [5, 5.41) is 3.32. The Morgan fingerprint density at radius 2 is 2.24 bits per heavy atom. The minimum Gasteiger partial charge on any atom is -0.496 e. The number of thiazole rings is 1. The minimum atomic E-state index is 0.629. The van der Waals surface area contributed by atoms with Gasteiger partial charge in [0.1, 0.15) is 10.8 Å². The molecule has 3 N–H and O–H groups in total. The summed E-state index contributed by atoms with van der Waals surface area (Å²) >= 11 is 7.53. The molecule has 0 fully saturated rings. The van der Waals surface area contributed by atoms with Gasteiger partial charge in [-0.2, -0.15) is 0 Å². The number of aryl methyl sites for hydroxylation is 1. The molecule has 4 nitrogen and oxygen atoms in total. The molecular formula is C11H12ClN3OS. The molecule has 0 spiro atoms. The van der Waals surface area contributed by atoms with Crippen LogP contribution in [0.5, 0.6) is 5.75 Å². The highest BCUT2D eigenvalue weighted by atomic mass is 35.5. The molecule has 0 aliphatic rings. The predicted octanol–water partition coefficient (Wildman–Crippen LogP) is 3.07. The lowest BCUT2D eigenvalue weighted by molar-refractivity contribution is 0.413. The Morgan fingerprint density at radius 1 is 1.47 bits per heavy atom. The van der Waals surface area contributed by atoms with E-state index in [9.17, 15) is 0 Å². The van der Waals surface area contributed by atoms with Gasteiger partial charge in [0, 0.05) is 10.4 Å². The number of ether oxygens (including phenoxy) is 1. The number of nitrogen functional groups attached to an aromatic ring is 1. The van der Waals surface area contributed by atoms with E-state index in [2.05, 4.69) is 10.4 Å². The summed E-state index contributed by atoms with van der Waals surface area (Å²) in [6.45, 7) is 1.95. The maximum Gasteiger partial charge on any atom is 0.151 e. The quantitative estimate of drug-likeness (QED) is 0.664. The molecule has 0 aliphatic heterocycles. The third-order valence-electron chi connectivity index (χ3n) is 2.33. The summed E-state index contributed by atoms with van der Waals surface area (Å²) < 4.78 is 5.38. The van der Waals surface area contributed by atoms with Gasteiger partial charge in [0.05, 0.1) is 12.7 Å². The Balaban J connectivity index is 2.57. The number of nitrogens with one attached hydrogen (secondary N) is 1. The standard InChI is InChI=1S/C11H12ClN3OS/c1-6-3-7(12)4-8(10(6)16-2)11-14-9(15-13)5-17-11/h3-5,15H,13H2,1-2H3. The van der Waals surface area contributed by atoms with Crippen LogP contribution in [0.4, 0.5) is 5.82 Å². The molecule has 17 heavy (non-hydrogen) atoms. The Labute approximate surface area is 108 Å². The first-order chi connectivity index (χ1) is 8.15. The monoisotopic (exact) mass is 269 g/mol. The second kappa shape index (κ2) is 4.91.